The average molecular weight is 802 g/mol. The minimum absolute atomic E-state index is 0.0121. The van der Waals surface area contributed by atoms with E-state index in [1.807, 2.05) is 59.4 Å². The Labute approximate surface area is 328 Å². The Balaban J connectivity index is 1.06. The van der Waals surface area contributed by atoms with Gasteiger partial charge in [-0.25, -0.2) is 4.79 Å². The number of nitrogens with one attached hydrogen (secondary N) is 2. The van der Waals surface area contributed by atoms with Gasteiger partial charge in [-0.1, -0.05) is 29.4 Å². The third-order valence-corrected chi connectivity index (χ3v) is 11.5. The number of carbonyl (C=O) groups is 4. The average Bonchev–Trinajstić information content (AvgIpc) is 3.80. The molecule has 0 saturated carbocycles. The van der Waals surface area contributed by atoms with Gasteiger partial charge >= 0.3 is 5.97 Å². The molecule has 3 aromatic heterocycles. The Morgan fingerprint density at radius 1 is 1.21 bits per heavy atom. The highest BCUT2D eigenvalue weighted by Crippen LogP contribution is 2.40. The quantitative estimate of drug-likeness (QED) is 0.0378. The Hall–Kier alpha value is -5.86. The van der Waals surface area contributed by atoms with Crippen LogP contribution in [0.3, 0.4) is 0 Å². The number of carboxylic acid groups (broad SMARTS) is 2. The largest absolute Gasteiger partial charge is 0.543 e. The highest BCUT2D eigenvalue weighted by atomic mass is 32.2. The van der Waals surface area contributed by atoms with Crippen molar-refractivity contribution in [2.24, 2.45) is 15.9 Å². The van der Waals surface area contributed by atoms with Gasteiger partial charge < -0.3 is 46.5 Å². The van der Waals surface area contributed by atoms with Gasteiger partial charge in [0.05, 0.1) is 17.7 Å². The first-order valence-electron chi connectivity index (χ1n) is 17.7. The second kappa shape index (κ2) is 15.7. The van der Waals surface area contributed by atoms with Crippen LogP contribution in [0.15, 0.2) is 76.3 Å². The number of aliphatic imine (C=N–C) groups is 1. The van der Waals surface area contributed by atoms with Gasteiger partial charge in [-0.15, -0.1) is 11.8 Å². The van der Waals surface area contributed by atoms with E-state index in [0.717, 1.165) is 64.5 Å². The molecule has 3 aliphatic rings. The summed E-state index contributed by atoms with van der Waals surface area (Å²) in [6.45, 7) is 5.05. The van der Waals surface area contributed by atoms with Crippen LogP contribution in [0.4, 0.5) is 5.13 Å². The number of aromatic nitrogens is 4. The van der Waals surface area contributed by atoms with Gasteiger partial charge in [0, 0.05) is 59.8 Å². The summed E-state index contributed by atoms with van der Waals surface area (Å²) in [4.78, 5) is 65.9. The third kappa shape index (κ3) is 7.80. The number of thioether (sulfide) groups is 1. The number of fused-ring (bicyclic) bond motifs is 2. The number of hydrogen-bond acceptors (Lipinski definition) is 14. The summed E-state index contributed by atoms with van der Waals surface area (Å²) in [6.07, 6.45) is 5.91. The summed E-state index contributed by atoms with van der Waals surface area (Å²) in [5.74, 6) is -3.97. The summed E-state index contributed by atoms with van der Waals surface area (Å²) in [6, 6.07) is 12.9. The number of anilines is 1. The molecule has 2 amide bonds. The van der Waals surface area contributed by atoms with E-state index in [9.17, 15) is 29.4 Å². The number of amidine groups is 1. The molecule has 2 fully saturated rings. The van der Waals surface area contributed by atoms with E-state index >= 15 is 0 Å². The molecule has 0 spiro atoms. The second-order valence-corrected chi connectivity index (χ2v) is 15.9. The van der Waals surface area contributed by atoms with Gasteiger partial charge in [0.25, 0.3) is 11.8 Å². The van der Waals surface area contributed by atoms with E-state index in [4.69, 9.17) is 21.3 Å². The minimum atomic E-state index is -1.81. The molecule has 1 aromatic carbocycles. The molecule has 6 heterocycles. The van der Waals surface area contributed by atoms with E-state index in [1.54, 1.807) is 0 Å². The molecule has 3 atom stereocenters. The van der Waals surface area contributed by atoms with Crippen molar-refractivity contribution in [1.82, 2.24) is 29.5 Å². The lowest BCUT2D eigenvalue weighted by molar-refractivity contribution is -0.663. The fourth-order valence-electron chi connectivity index (χ4n) is 6.61. The highest BCUT2D eigenvalue weighted by molar-refractivity contribution is 8.00. The molecule has 0 radical (unpaired) electrons. The lowest BCUT2D eigenvalue weighted by Gasteiger charge is -2.50. The summed E-state index contributed by atoms with van der Waals surface area (Å²) in [5, 5.41) is 30.9. The van der Waals surface area contributed by atoms with Crippen molar-refractivity contribution in [3.8, 4) is 0 Å². The number of carbonyl (C=O) groups excluding carboxylic acids is 3. The van der Waals surface area contributed by atoms with Crippen LogP contribution < -0.4 is 31.8 Å². The zero-order chi connectivity index (χ0) is 39.7. The molecule has 7 N–H and O–H groups in total. The number of benzene rings is 1. The first-order valence-corrected chi connectivity index (χ1v) is 19.5. The number of amides is 2. The Bertz CT molecular complexity index is 2290. The van der Waals surface area contributed by atoms with Crippen molar-refractivity contribution in [2.45, 2.75) is 62.8 Å². The van der Waals surface area contributed by atoms with Gasteiger partial charge in [0.1, 0.15) is 22.8 Å². The second-order valence-electron chi connectivity index (χ2n) is 14.0. The first kappa shape index (κ1) is 38.4. The normalized spacial score (nSPS) is 20.4. The van der Waals surface area contributed by atoms with Crippen molar-refractivity contribution in [3.05, 3.63) is 83.1 Å². The SMILES string of the molecule is CC(C)(O/N=C(\C(=O)N[C@@H]1C(=O)N2C(C(=O)[O-])=C(C[n+]3cccc4c3ccn4Cc3ccc(C(N)=NC4CCCNC4)cc3)CS[C@H]12)c1nsc(N)n1)C(=O)O. The summed E-state index contributed by atoms with van der Waals surface area (Å²) < 4.78 is 7.98. The molecule has 0 aliphatic carbocycles. The predicted molar refractivity (Wildman–Crippen MR) is 205 cm³/mol. The van der Waals surface area contributed by atoms with Crippen molar-refractivity contribution in [3.63, 3.8) is 0 Å². The number of nitrogen functional groups attached to an aromatic ring is 1. The third-order valence-electron chi connectivity index (χ3n) is 9.65. The molecule has 292 valence electrons. The van der Waals surface area contributed by atoms with Gasteiger partial charge in [0.15, 0.2) is 17.9 Å². The summed E-state index contributed by atoms with van der Waals surface area (Å²) in [7, 11) is 0. The molecule has 7 rings (SSSR count). The fraction of sp³-hybridized carbons (Fsp3) is 0.361. The van der Waals surface area contributed by atoms with Crippen LogP contribution in [-0.2, 0) is 37.1 Å². The van der Waals surface area contributed by atoms with Gasteiger partial charge in [-0.2, -0.15) is 13.9 Å². The monoisotopic (exact) mass is 801 g/mol. The van der Waals surface area contributed by atoms with Crippen LogP contribution in [0.2, 0.25) is 0 Å². The Morgan fingerprint density at radius 2 is 2.00 bits per heavy atom. The molecule has 4 aromatic rings. The van der Waals surface area contributed by atoms with Gasteiger partial charge in [-0.3, -0.25) is 19.5 Å². The van der Waals surface area contributed by atoms with Crippen LogP contribution >= 0.6 is 23.3 Å². The van der Waals surface area contributed by atoms with Crippen LogP contribution in [0.25, 0.3) is 11.0 Å². The Kier molecular flexibility index (Phi) is 10.8. The number of oxime groups is 1. The number of rotatable bonds is 13. The number of aliphatic carboxylic acids is 2. The molecular weight excluding hydrogens is 763 g/mol. The van der Waals surface area contributed by atoms with E-state index in [1.165, 1.54) is 25.6 Å². The lowest BCUT2D eigenvalue weighted by Crippen LogP contribution is -2.71. The highest BCUT2D eigenvalue weighted by Gasteiger charge is 2.53. The molecule has 0 bridgehead atoms. The zero-order valence-electron chi connectivity index (χ0n) is 30.4. The number of nitrogens with zero attached hydrogens (tertiary/aromatic N) is 7. The predicted octanol–water partition coefficient (Wildman–Crippen LogP) is -0.444. The van der Waals surface area contributed by atoms with Crippen LogP contribution in [0.5, 0.6) is 0 Å². The van der Waals surface area contributed by atoms with Crippen molar-refractivity contribution in [2.75, 3.05) is 24.6 Å². The lowest BCUT2D eigenvalue weighted by atomic mass is 10.0. The first-order chi connectivity index (χ1) is 26.8. The molecule has 18 nitrogen and oxygen atoms in total. The van der Waals surface area contributed by atoms with E-state index in [2.05, 4.69) is 29.7 Å². The molecule has 20 heteroatoms. The maximum absolute atomic E-state index is 13.5. The molecule has 3 aliphatic heterocycles. The van der Waals surface area contributed by atoms with E-state index < -0.39 is 46.5 Å². The molecule has 2 saturated heterocycles. The number of β-lactam (4-membered cyclic amide) rings is 1. The van der Waals surface area contributed by atoms with Crippen molar-refractivity contribution < 1.29 is 38.8 Å². The maximum Gasteiger partial charge on any atom is 0.350 e. The number of hydrogen-bond donors (Lipinski definition) is 5. The zero-order valence-corrected chi connectivity index (χ0v) is 32.0. The van der Waals surface area contributed by atoms with Crippen molar-refractivity contribution in [1.29, 1.82) is 0 Å². The van der Waals surface area contributed by atoms with Gasteiger partial charge in [0.2, 0.25) is 22.7 Å². The summed E-state index contributed by atoms with van der Waals surface area (Å²) in [5.41, 5.74) is 13.6. The number of piperidine rings is 1. The van der Waals surface area contributed by atoms with E-state index in [0.29, 0.717) is 18.0 Å². The van der Waals surface area contributed by atoms with Gasteiger partial charge in [-0.05, 0) is 44.9 Å². The number of carboxylic acids is 2. The number of pyridine rings is 1. The topological polar surface area (TPSA) is 259 Å². The summed E-state index contributed by atoms with van der Waals surface area (Å²) >= 11 is 2.05. The van der Waals surface area contributed by atoms with E-state index in [-0.39, 0.29) is 35.0 Å². The van der Waals surface area contributed by atoms with Crippen LogP contribution in [0.1, 0.15) is 43.6 Å². The smallest absolute Gasteiger partial charge is 0.350 e. The molecular formula is C36H39N11O7S2. The molecule has 56 heavy (non-hydrogen) atoms. The Morgan fingerprint density at radius 3 is 2.68 bits per heavy atom. The molecule has 1 unspecified atom stereocenters. The standard InChI is InChI=1S/C36H39N11O7S2/c1-36(2,34(52)53)54-43-25(29-42-35(38)56-44-29)30(48)41-26-31(49)47-27(33(50)51)21(18-55-32(26)47)17-45-13-4-6-23-24(45)11-14-46(23)16-19-7-9-20(10-8-19)28(37)40-22-5-3-12-39-15-22/h4,6-11,13-14,22,26,32,39H,3,5,12,15-18H2,1-2H3,(H6-,37,38,40,41,42,44,48,50,51,52,53)/b43-25-/t22?,26-,32-/m1/s1. The maximum atomic E-state index is 13.5. The fourth-order valence-corrected chi connectivity index (χ4v) is 8.38. The van der Waals surface area contributed by atoms with Crippen LogP contribution in [0, 0.1) is 0 Å². The van der Waals surface area contributed by atoms with Crippen molar-refractivity contribution >= 4 is 74.8 Å². The minimum Gasteiger partial charge on any atom is -0.543 e. The van der Waals surface area contributed by atoms with Crippen LogP contribution in [-0.4, -0.2) is 101 Å². The number of nitrogens with two attached hydrogens (primary N) is 2.